The highest BCUT2D eigenvalue weighted by atomic mass is 16.3. The highest BCUT2D eigenvalue weighted by Gasteiger charge is 2.18. The van der Waals surface area contributed by atoms with E-state index in [9.17, 15) is 15.3 Å². The third kappa shape index (κ3) is 3.42. The lowest BCUT2D eigenvalue weighted by Crippen LogP contribution is -2.04. The molecule has 0 amide bonds. The van der Waals surface area contributed by atoms with Gasteiger partial charge in [-0.2, -0.15) is 0 Å². The quantitative estimate of drug-likeness (QED) is 0.779. The molecule has 0 aliphatic heterocycles. The van der Waals surface area contributed by atoms with Gasteiger partial charge in [-0.05, 0) is 53.0 Å². The predicted octanol–water partition coefficient (Wildman–Crippen LogP) is 4.02. The SMILES string of the molecule is OCCC(=C(c1ccc(O)cc1)c1ccc(O)cc1)C1C=CC=C1. The van der Waals surface area contributed by atoms with Crippen molar-refractivity contribution in [2.45, 2.75) is 6.42 Å². The van der Waals surface area contributed by atoms with Gasteiger partial charge in [0, 0.05) is 12.5 Å². The first-order valence-electron chi connectivity index (χ1n) is 7.97. The minimum absolute atomic E-state index is 0.0627. The van der Waals surface area contributed by atoms with Crippen LogP contribution in [0.4, 0.5) is 0 Å². The molecule has 0 bridgehead atoms. The van der Waals surface area contributed by atoms with Gasteiger partial charge < -0.3 is 15.3 Å². The van der Waals surface area contributed by atoms with Crippen LogP contribution in [0.2, 0.25) is 0 Å². The van der Waals surface area contributed by atoms with E-state index in [-0.39, 0.29) is 24.0 Å². The predicted molar refractivity (Wildman–Crippen MR) is 95.7 cm³/mol. The van der Waals surface area contributed by atoms with E-state index in [2.05, 4.69) is 12.2 Å². The first-order chi connectivity index (χ1) is 11.7. The van der Waals surface area contributed by atoms with Crippen molar-refractivity contribution < 1.29 is 15.3 Å². The van der Waals surface area contributed by atoms with Crippen LogP contribution >= 0.6 is 0 Å². The normalized spacial score (nSPS) is 13.4. The number of rotatable bonds is 5. The summed E-state index contributed by atoms with van der Waals surface area (Å²) in [7, 11) is 0. The molecule has 0 heterocycles. The van der Waals surface area contributed by atoms with Crippen LogP contribution in [0.3, 0.4) is 0 Å². The van der Waals surface area contributed by atoms with Gasteiger partial charge >= 0.3 is 0 Å². The molecule has 1 aliphatic rings. The average Bonchev–Trinajstić information content (AvgIpc) is 3.12. The first-order valence-corrected chi connectivity index (χ1v) is 7.97. The Bertz CT molecular complexity index is 721. The summed E-state index contributed by atoms with van der Waals surface area (Å²) in [5, 5.41) is 28.7. The Kier molecular flexibility index (Phi) is 4.82. The lowest BCUT2D eigenvalue weighted by molar-refractivity contribution is 0.297. The van der Waals surface area contributed by atoms with Crippen LogP contribution in [-0.4, -0.2) is 21.9 Å². The Balaban J connectivity index is 2.20. The number of aliphatic hydroxyl groups is 1. The topological polar surface area (TPSA) is 60.7 Å². The second kappa shape index (κ2) is 7.20. The van der Waals surface area contributed by atoms with Gasteiger partial charge in [-0.3, -0.25) is 0 Å². The van der Waals surface area contributed by atoms with E-state index >= 15 is 0 Å². The second-order valence-corrected chi connectivity index (χ2v) is 5.76. The van der Waals surface area contributed by atoms with E-state index in [4.69, 9.17) is 0 Å². The van der Waals surface area contributed by atoms with Gasteiger partial charge in [0.05, 0.1) is 0 Å². The van der Waals surface area contributed by atoms with Crippen molar-refractivity contribution in [3.63, 3.8) is 0 Å². The lowest BCUT2D eigenvalue weighted by atomic mass is 9.85. The molecule has 0 saturated carbocycles. The minimum atomic E-state index is 0.0627. The molecular weight excluding hydrogens is 300 g/mol. The molecule has 3 nitrogen and oxygen atoms in total. The smallest absolute Gasteiger partial charge is 0.115 e. The van der Waals surface area contributed by atoms with Crippen LogP contribution in [0.5, 0.6) is 11.5 Å². The van der Waals surface area contributed by atoms with Crippen LogP contribution in [0.15, 0.2) is 78.4 Å². The molecule has 3 rings (SSSR count). The molecular formula is C21H20O3. The molecule has 0 atom stereocenters. The summed E-state index contributed by atoms with van der Waals surface area (Å²) < 4.78 is 0. The van der Waals surface area contributed by atoms with Crippen LogP contribution in [0, 0.1) is 5.92 Å². The summed E-state index contributed by atoms with van der Waals surface area (Å²) in [6.07, 6.45) is 8.77. The maximum atomic E-state index is 9.59. The maximum absolute atomic E-state index is 9.59. The summed E-state index contributed by atoms with van der Waals surface area (Å²) in [6, 6.07) is 14.1. The lowest BCUT2D eigenvalue weighted by Gasteiger charge is -2.19. The van der Waals surface area contributed by atoms with E-state index in [0.717, 1.165) is 22.3 Å². The van der Waals surface area contributed by atoms with Crippen LogP contribution < -0.4 is 0 Å². The number of phenolic OH excluding ortho intramolecular Hbond substituents is 2. The van der Waals surface area contributed by atoms with Crippen LogP contribution in [0.1, 0.15) is 17.5 Å². The Labute approximate surface area is 141 Å². The van der Waals surface area contributed by atoms with Crippen molar-refractivity contribution in [2.75, 3.05) is 6.61 Å². The van der Waals surface area contributed by atoms with Crippen molar-refractivity contribution in [3.8, 4) is 11.5 Å². The van der Waals surface area contributed by atoms with Gasteiger partial charge in [0.2, 0.25) is 0 Å². The van der Waals surface area contributed by atoms with Crippen LogP contribution in [-0.2, 0) is 0 Å². The summed E-state index contributed by atoms with van der Waals surface area (Å²) in [5.41, 5.74) is 4.07. The molecule has 3 heteroatoms. The summed E-state index contributed by atoms with van der Waals surface area (Å²) in [5.74, 6) is 0.566. The Morgan fingerprint density at radius 3 is 1.62 bits per heavy atom. The third-order valence-electron chi connectivity index (χ3n) is 4.16. The molecule has 0 spiro atoms. The number of benzene rings is 2. The zero-order valence-electron chi connectivity index (χ0n) is 13.3. The molecule has 2 aromatic rings. The van der Waals surface area contributed by atoms with Crippen molar-refractivity contribution in [2.24, 2.45) is 5.92 Å². The Hall–Kier alpha value is -2.78. The number of hydrogen-bond acceptors (Lipinski definition) is 3. The fraction of sp³-hybridized carbons (Fsp3) is 0.143. The van der Waals surface area contributed by atoms with Crippen molar-refractivity contribution in [1.29, 1.82) is 0 Å². The van der Waals surface area contributed by atoms with Crippen molar-refractivity contribution >= 4 is 5.57 Å². The number of aliphatic hydroxyl groups excluding tert-OH is 1. The summed E-state index contributed by atoms with van der Waals surface area (Å²) in [4.78, 5) is 0. The van der Waals surface area contributed by atoms with Gasteiger partial charge in [0.15, 0.2) is 0 Å². The number of allylic oxidation sites excluding steroid dienone is 4. The highest BCUT2D eigenvalue weighted by Crippen LogP contribution is 2.35. The van der Waals surface area contributed by atoms with Crippen molar-refractivity contribution in [3.05, 3.63) is 89.5 Å². The molecule has 3 N–H and O–H groups in total. The van der Waals surface area contributed by atoms with Gasteiger partial charge in [-0.15, -0.1) is 0 Å². The molecule has 122 valence electrons. The zero-order chi connectivity index (χ0) is 16.9. The van der Waals surface area contributed by atoms with Gasteiger partial charge in [0.1, 0.15) is 11.5 Å². The summed E-state index contributed by atoms with van der Waals surface area (Å²) in [6.45, 7) is 0.0627. The number of hydrogen-bond donors (Lipinski definition) is 3. The zero-order valence-corrected chi connectivity index (χ0v) is 13.3. The molecule has 24 heavy (non-hydrogen) atoms. The van der Waals surface area contributed by atoms with Crippen LogP contribution in [0.25, 0.3) is 5.57 Å². The standard InChI is InChI=1S/C21H20O3/c22-14-13-20(15-3-1-2-4-15)21(16-5-9-18(23)10-6-16)17-7-11-19(24)12-8-17/h1-12,15,22-24H,13-14H2. The monoisotopic (exact) mass is 320 g/mol. The Morgan fingerprint density at radius 1 is 0.750 bits per heavy atom. The van der Waals surface area contributed by atoms with E-state index in [1.54, 1.807) is 24.3 Å². The van der Waals surface area contributed by atoms with E-state index in [1.807, 2.05) is 36.4 Å². The van der Waals surface area contributed by atoms with E-state index in [0.29, 0.717) is 6.42 Å². The minimum Gasteiger partial charge on any atom is -0.508 e. The maximum Gasteiger partial charge on any atom is 0.115 e. The highest BCUT2D eigenvalue weighted by molar-refractivity contribution is 5.83. The first kappa shape index (κ1) is 16.1. The average molecular weight is 320 g/mol. The molecule has 1 aliphatic carbocycles. The fourth-order valence-corrected chi connectivity index (χ4v) is 3.04. The summed E-state index contributed by atoms with van der Waals surface area (Å²) >= 11 is 0. The van der Waals surface area contributed by atoms with Gasteiger partial charge in [-0.25, -0.2) is 0 Å². The third-order valence-corrected chi connectivity index (χ3v) is 4.16. The molecule has 0 aromatic heterocycles. The van der Waals surface area contributed by atoms with Gasteiger partial charge in [-0.1, -0.05) is 48.6 Å². The van der Waals surface area contributed by atoms with Crippen molar-refractivity contribution in [1.82, 2.24) is 0 Å². The molecule has 2 aromatic carbocycles. The second-order valence-electron chi connectivity index (χ2n) is 5.76. The largest absolute Gasteiger partial charge is 0.508 e. The Morgan fingerprint density at radius 2 is 1.21 bits per heavy atom. The fourth-order valence-electron chi connectivity index (χ4n) is 3.04. The van der Waals surface area contributed by atoms with E-state index in [1.165, 1.54) is 0 Å². The van der Waals surface area contributed by atoms with E-state index < -0.39 is 0 Å². The molecule has 0 radical (unpaired) electrons. The van der Waals surface area contributed by atoms with Gasteiger partial charge in [0.25, 0.3) is 0 Å². The number of aromatic hydroxyl groups is 2. The molecule has 0 unspecified atom stereocenters. The number of phenols is 2. The molecule has 0 saturated heterocycles. The molecule has 0 fully saturated rings.